The second kappa shape index (κ2) is 10.4. The van der Waals surface area contributed by atoms with Gasteiger partial charge in [0.25, 0.3) is 0 Å². The zero-order chi connectivity index (χ0) is 24.9. The fourth-order valence-electron chi connectivity index (χ4n) is 4.45. The maximum Gasteiger partial charge on any atom is 0.407 e. The lowest BCUT2D eigenvalue weighted by atomic mass is 9.98. The summed E-state index contributed by atoms with van der Waals surface area (Å²) in [6.45, 7) is 2.15. The monoisotopic (exact) mass is 476 g/mol. The van der Waals surface area contributed by atoms with Crippen LogP contribution in [0.25, 0.3) is 11.1 Å². The van der Waals surface area contributed by atoms with Crippen LogP contribution in [0.3, 0.4) is 0 Å². The van der Waals surface area contributed by atoms with E-state index in [0.29, 0.717) is 0 Å². The van der Waals surface area contributed by atoms with Crippen molar-refractivity contribution < 1.29 is 24.2 Å². The lowest BCUT2D eigenvalue weighted by Crippen LogP contribution is -2.47. The van der Waals surface area contributed by atoms with Crippen molar-refractivity contribution in [1.82, 2.24) is 20.4 Å². The summed E-state index contributed by atoms with van der Waals surface area (Å²) in [4.78, 5) is 36.5. The van der Waals surface area contributed by atoms with E-state index in [2.05, 4.69) is 15.7 Å². The lowest BCUT2D eigenvalue weighted by molar-refractivity contribution is -0.137. The van der Waals surface area contributed by atoms with Crippen molar-refractivity contribution >= 4 is 18.0 Å². The number of hydrogen-bond acceptors (Lipinski definition) is 5. The first-order chi connectivity index (χ1) is 16.8. The number of rotatable bonds is 9. The second-order valence-corrected chi connectivity index (χ2v) is 8.59. The molecule has 1 aliphatic carbocycles. The highest BCUT2D eigenvalue weighted by atomic mass is 16.5. The molecule has 4 rings (SSSR count). The molecule has 1 aliphatic rings. The van der Waals surface area contributed by atoms with E-state index >= 15 is 0 Å². The van der Waals surface area contributed by atoms with Crippen LogP contribution in [0.2, 0.25) is 0 Å². The molecule has 0 saturated heterocycles. The van der Waals surface area contributed by atoms with Crippen molar-refractivity contribution in [2.75, 3.05) is 6.61 Å². The van der Waals surface area contributed by atoms with Gasteiger partial charge in [0.05, 0.1) is 5.69 Å². The number of amides is 2. The van der Waals surface area contributed by atoms with Crippen LogP contribution < -0.4 is 10.6 Å². The molecule has 9 nitrogen and oxygen atoms in total. The Morgan fingerprint density at radius 2 is 1.71 bits per heavy atom. The molecule has 1 atom stereocenters. The molecule has 0 spiro atoms. The van der Waals surface area contributed by atoms with Crippen LogP contribution in [-0.4, -0.2) is 45.5 Å². The normalized spacial score (nSPS) is 13.0. The van der Waals surface area contributed by atoms with Crippen molar-refractivity contribution in [3.8, 4) is 11.1 Å². The van der Waals surface area contributed by atoms with Crippen molar-refractivity contribution in [1.29, 1.82) is 0 Å². The predicted octanol–water partition coefficient (Wildman–Crippen LogP) is 3.12. The Morgan fingerprint density at radius 3 is 2.29 bits per heavy atom. The Morgan fingerprint density at radius 1 is 1.09 bits per heavy atom. The summed E-state index contributed by atoms with van der Waals surface area (Å²) in [5.41, 5.74) is 5.99. The number of benzene rings is 2. The molecule has 182 valence electrons. The van der Waals surface area contributed by atoms with E-state index in [0.717, 1.165) is 33.5 Å². The molecule has 0 saturated carbocycles. The van der Waals surface area contributed by atoms with Crippen molar-refractivity contribution in [3.63, 3.8) is 0 Å². The third-order valence-corrected chi connectivity index (χ3v) is 6.17. The number of alkyl carbamates (subject to hydrolysis) is 1. The molecule has 0 fully saturated rings. The summed E-state index contributed by atoms with van der Waals surface area (Å²) in [6, 6.07) is 14.9. The van der Waals surface area contributed by atoms with E-state index in [9.17, 15) is 14.4 Å². The average Bonchev–Trinajstić information content (AvgIpc) is 3.34. The van der Waals surface area contributed by atoms with E-state index in [4.69, 9.17) is 9.84 Å². The van der Waals surface area contributed by atoms with E-state index < -0.39 is 24.0 Å². The zero-order valence-electron chi connectivity index (χ0n) is 19.7. The summed E-state index contributed by atoms with van der Waals surface area (Å²) in [5.74, 6) is -1.66. The van der Waals surface area contributed by atoms with Gasteiger partial charge < -0.3 is 20.5 Å². The number of nitrogens with zero attached hydrogens (tertiary/aromatic N) is 2. The van der Waals surface area contributed by atoms with Crippen LogP contribution in [0, 0.1) is 6.92 Å². The van der Waals surface area contributed by atoms with Gasteiger partial charge >= 0.3 is 12.1 Å². The van der Waals surface area contributed by atoms with Crippen molar-refractivity contribution in [2.24, 2.45) is 7.05 Å². The predicted molar refractivity (Wildman–Crippen MR) is 129 cm³/mol. The van der Waals surface area contributed by atoms with Crippen LogP contribution in [0.4, 0.5) is 4.79 Å². The minimum absolute atomic E-state index is 0.0582. The van der Waals surface area contributed by atoms with Gasteiger partial charge in [-0.15, -0.1) is 0 Å². The number of carbonyl (C=O) groups excluding carboxylic acids is 2. The Kier molecular flexibility index (Phi) is 7.14. The molecule has 35 heavy (non-hydrogen) atoms. The first kappa shape index (κ1) is 24.0. The molecule has 3 N–H and O–H groups in total. The SMILES string of the molecule is Cc1nn(C)cc1CNC(=O)C(CCC(=O)O)NC(=O)OCC1c2ccccc2-c2ccccc21. The van der Waals surface area contributed by atoms with Crippen molar-refractivity contribution in [2.45, 2.75) is 38.3 Å². The third kappa shape index (κ3) is 5.51. The minimum atomic E-state index is -1.06. The van der Waals surface area contributed by atoms with Gasteiger partial charge in [0.15, 0.2) is 0 Å². The molecule has 2 aromatic carbocycles. The lowest BCUT2D eigenvalue weighted by Gasteiger charge is -2.19. The van der Waals surface area contributed by atoms with Gasteiger partial charge in [-0.2, -0.15) is 5.10 Å². The number of carboxylic acids is 1. The fraction of sp³-hybridized carbons (Fsp3) is 0.308. The van der Waals surface area contributed by atoms with Crippen LogP contribution >= 0.6 is 0 Å². The number of carbonyl (C=O) groups is 3. The summed E-state index contributed by atoms with van der Waals surface area (Å²) < 4.78 is 7.17. The Bertz CT molecular complexity index is 1210. The first-order valence-corrected chi connectivity index (χ1v) is 11.4. The van der Waals surface area contributed by atoms with Gasteiger partial charge in [-0.25, -0.2) is 4.79 Å². The van der Waals surface area contributed by atoms with E-state index in [1.165, 1.54) is 0 Å². The van der Waals surface area contributed by atoms with Gasteiger partial charge in [0.1, 0.15) is 12.6 Å². The van der Waals surface area contributed by atoms with E-state index in [1.54, 1.807) is 17.9 Å². The van der Waals surface area contributed by atoms with Gasteiger partial charge in [0.2, 0.25) is 5.91 Å². The van der Waals surface area contributed by atoms with Crippen LogP contribution in [0.15, 0.2) is 54.7 Å². The average molecular weight is 477 g/mol. The van der Waals surface area contributed by atoms with Gasteiger partial charge in [-0.3, -0.25) is 14.3 Å². The molecular weight excluding hydrogens is 448 g/mol. The summed E-state index contributed by atoms with van der Waals surface area (Å²) >= 11 is 0. The standard InChI is InChI=1S/C26H28N4O5/c1-16-17(14-30(2)29-16)13-27-25(33)23(11-12-24(31)32)28-26(34)35-15-22-20-9-5-3-7-18(20)19-8-4-6-10-21(19)22/h3-10,14,22-23H,11-13,15H2,1-2H3,(H,27,33)(H,28,34)(H,31,32). The number of hydrogen-bond donors (Lipinski definition) is 3. The van der Waals surface area contributed by atoms with Gasteiger partial charge in [0, 0.05) is 37.7 Å². The van der Waals surface area contributed by atoms with E-state index in [-0.39, 0.29) is 31.9 Å². The molecule has 0 bridgehead atoms. The molecular formula is C26H28N4O5. The smallest absolute Gasteiger partial charge is 0.407 e. The molecule has 0 aliphatic heterocycles. The summed E-state index contributed by atoms with van der Waals surface area (Å²) in [7, 11) is 1.78. The Hall–Kier alpha value is -4.14. The topological polar surface area (TPSA) is 123 Å². The van der Waals surface area contributed by atoms with Crippen LogP contribution in [0.5, 0.6) is 0 Å². The highest BCUT2D eigenvalue weighted by Crippen LogP contribution is 2.44. The summed E-state index contributed by atoms with van der Waals surface area (Å²) in [6.07, 6.45) is 0.696. The van der Waals surface area contributed by atoms with Gasteiger partial charge in [-0.05, 0) is 35.6 Å². The van der Waals surface area contributed by atoms with Crippen LogP contribution in [0.1, 0.15) is 41.1 Å². The third-order valence-electron chi connectivity index (χ3n) is 6.17. The number of nitrogens with one attached hydrogen (secondary N) is 2. The maximum atomic E-state index is 12.8. The fourth-order valence-corrected chi connectivity index (χ4v) is 4.45. The largest absolute Gasteiger partial charge is 0.481 e. The van der Waals surface area contributed by atoms with Crippen LogP contribution in [-0.2, 0) is 27.9 Å². The number of aryl methyl sites for hydroxylation is 2. The molecule has 9 heteroatoms. The molecule has 1 heterocycles. The minimum Gasteiger partial charge on any atom is -0.481 e. The number of ether oxygens (including phenoxy) is 1. The number of fused-ring (bicyclic) bond motifs is 3. The molecule has 3 aromatic rings. The zero-order valence-corrected chi connectivity index (χ0v) is 19.7. The molecule has 0 radical (unpaired) electrons. The quantitative estimate of drug-likeness (QED) is 0.436. The van der Waals surface area contributed by atoms with E-state index in [1.807, 2.05) is 55.5 Å². The number of aliphatic carboxylic acids is 1. The number of aromatic nitrogens is 2. The highest BCUT2D eigenvalue weighted by molar-refractivity contribution is 5.86. The molecule has 1 unspecified atom stereocenters. The highest BCUT2D eigenvalue weighted by Gasteiger charge is 2.30. The maximum absolute atomic E-state index is 12.8. The Labute approximate surface area is 203 Å². The summed E-state index contributed by atoms with van der Waals surface area (Å²) in [5, 5.41) is 18.6. The van der Waals surface area contributed by atoms with Gasteiger partial charge in [-0.1, -0.05) is 48.5 Å². The Balaban J connectivity index is 1.39. The first-order valence-electron chi connectivity index (χ1n) is 11.4. The second-order valence-electron chi connectivity index (χ2n) is 8.59. The molecule has 1 aromatic heterocycles. The number of carboxylic acid groups (broad SMARTS) is 1. The molecule has 2 amide bonds. The van der Waals surface area contributed by atoms with Crippen molar-refractivity contribution in [3.05, 3.63) is 77.1 Å².